The number of hydrazone groups is 1. The zero-order chi connectivity index (χ0) is 25.1. The second kappa shape index (κ2) is 13.0. The number of hydrazine groups is 1. The monoisotopic (exact) mass is 484 g/mol. The minimum atomic E-state index is -0.301. The van der Waals surface area contributed by atoms with Gasteiger partial charge in [0.25, 0.3) is 5.91 Å². The summed E-state index contributed by atoms with van der Waals surface area (Å²) in [6, 6.07) is 12.0. The Morgan fingerprint density at radius 3 is 2.62 bits per heavy atom. The third-order valence-corrected chi connectivity index (χ3v) is 5.41. The molecule has 0 aliphatic rings. The first-order valence-electron chi connectivity index (χ1n) is 10.3. The Morgan fingerprint density at radius 1 is 1.24 bits per heavy atom. The number of likely N-dealkylation sites (N-methyl/N-ethyl adjacent to an activating group) is 1. The lowest BCUT2D eigenvalue weighted by molar-refractivity contribution is -0.125. The van der Waals surface area contributed by atoms with Crippen LogP contribution in [0.2, 0.25) is 0 Å². The zero-order valence-electron chi connectivity index (χ0n) is 18.9. The third kappa shape index (κ3) is 7.64. The lowest BCUT2D eigenvalue weighted by Gasteiger charge is -2.18. The number of amidine groups is 1. The van der Waals surface area contributed by atoms with Gasteiger partial charge in [0.1, 0.15) is 5.75 Å². The van der Waals surface area contributed by atoms with Crippen LogP contribution >= 0.6 is 11.8 Å². The Hall–Kier alpha value is -3.83. The molecule has 0 saturated carbocycles. The molecular formula is C23H28N6O4S. The van der Waals surface area contributed by atoms with Crippen LogP contribution in [0.15, 0.2) is 52.5 Å². The second-order valence-electron chi connectivity index (χ2n) is 7.37. The van der Waals surface area contributed by atoms with Crippen molar-refractivity contribution in [3.05, 3.63) is 64.1 Å². The number of phenols is 1. The standard InChI is InChI=1S/C23H28N6O4S/c1-15-5-3-6-16(11-15)12-20(34-14-30)23(33)29(2)10-4-7-21(32)26-17-8-9-18(19(31)13-17)22(27-24)28-25/h3,5-6,8-9,11-14,31H,4,7,10,24-25H2,1-2H3,(H,26,32)(H,27,28)/b20-12-. The first-order valence-corrected chi connectivity index (χ1v) is 11.2. The van der Waals surface area contributed by atoms with Gasteiger partial charge >= 0.3 is 0 Å². The average Bonchev–Trinajstić information content (AvgIpc) is 2.80. The smallest absolute Gasteiger partial charge is 0.260 e. The maximum Gasteiger partial charge on any atom is 0.260 e. The van der Waals surface area contributed by atoms with Crippen LogP contribution in [0, 0.1) is 6.92 Å². The fourth-order valence-electron chi connectivity index (χ4n) is 3.09. The molecule has 0 saturated heterocycles. The fourth-order valence-corrected chi connectivity index (χ4v) is 3.66. The number of anilines is 1. The number of thioether (sulfide) groups is 1. The van der Waals surface area contributed by atoms with Crippen molar-refractivity contribution in [2.45, 2.75) is 19.8 Å². The number of nitrogens with zero attached hydrogens (tertiary/aromatic N) is 2. The van der Waals surface area contributed by atoms with E-state index in [9.17, 15) is 19.5 Å². The van der Waals surface area contributed by atoms with E-state index in [0.717, 1.165) is 22.9 Å². The lowest BCUT2D eigenvalue weighted by Crippen LogP contribution is -2.32. The van der Waals surface area contributed by atoms with Crippen LogP contribution in [0.3, 0.4) is 0 Å². The maximum absolute atomic E-state index is 12.8. The van der Waals surface area contributed by atoms with Crippen molar-refractivity contribution in [3.8, 4) is 5.75 Å². The van der Waals surface area contributed by atoms with E-state index in [-0.39, 0.29) is 35.4 Å². The molecule has 0 fully saturated rings. The number of aryl methyl sites for hydroxylation is 1. The summed E-state index contributed by atoms with van der Waals surface area (Å²) in [7, 11) is 1.62. The van der Waals surface area contributed by atoms with E-state index in [2.05, 4.69) is 15.8 Å². The van der Waals surface area contributed by atoms with Gasteiger partial charge in [0.15, 0.2) is 11.5 Å². The first kappa shape index (κ1) is 26.4. The highest BCUT2D eigenvalue weighted by Gasteiger charge is 2.16. The number of nitrogens with two attached hydrogens (primary N) is 2. The van der Waals surface area contributed by atoms with E-state index in [1.165, 1.54) is 17.0 Å². The van der Waals surface area contributed by atoms with Gasteiger partial charge in [-0.05, 0) is 48.9 Å². The minimum Gasteiger partial charge on any atom is -0.507 e. The van der Waals surface area contributed by atoms with Crippen LogP contribution in [0.4, 0.5) is 5.69 Å². The number of rotatable bonds is 10. The van der Waals surface area contributed by atoms with Crippen molar-refractivity contribution in [1.29, 1.82) is 0 Å². The molecule has 7 N–H and O–H groups in total. The van der Waals surface area contributed by atoms with E-state index < -0.39 is 0 Å². The average molecular weight is 485 g/mol. The summed E-state index contributed by atoms with van der Waals surface area (Å²) in [5, 5.41) is 16.2. The predicted molar refractivity (Wildman–Crippen MR) is 135 cm³/mol. The highest BCUT2D eigenvalue weighted by atomic mass is 32.2. The van der Waals surface area contributed by atoms with Gasteiger partial charge in [-0.1, -0.05) is 29.8 Å². The van der Waals surface area contributed by atoms with Crippen LogP contribution in [-0.4, -0.2) is 46.9 Å². The molecule has 34 heavy (non-hydrogen) atoms. The van der Waals surface area contributed by atoms with Crippen LogP contribution in [0.1, 0.15) is 29.5 Å². The van der Waals surface area contributed by atoms with Crippen LogP contribution < -0.4 is 22.4 Å². The molecule has 2 aromatic rings. The number of hydrogen-bond donors (Lipinski definition) is 5. The summed E-state index contributed by atoms with van der Waals surface area (Å²) in [5.74, 6) is 9.84. The number of carbonyl (C=O) groups is 3. The Morgan fingerprint density at radius 2 is 2.00 bits per heavy atom. The van der Waals surface area contributed by atoms with E-state index in [1.807, 2.05) is 31.2 Å². The van der Waals surface area contributed by atoms with E-state index in [4.69, 9.17) is 11.7 Å². The Bertz CT molecular complexity index is 1100. The van der Waals surface area contributed by atoms with Gasteiger partial charge in [-0.25, -0.2) is 5.84 Å². The topological polar surface area (TPSA) is 163 Å². The number of carbonyl (C=O) groups excluding carboxylic acids is 3. The van der Waals surface area contributed by atoms with Gasteiger partial charge in [0, 0.05) is 31.8 Å². The molecule has 0 aromatic heterocycles. The first-order chi connectivity index (χ1) is 16.3. The summed E-state index contributed by atoms with van der Waals surface area (Å²) >= 11 is 0.821. The molecule has 0 unspecified atom stereocenters. The van der Waals surface area contributed by atoms with E-state index in [1.54, 1.807) is 19.2 Å². The van der Waals surface area contributed by atoms with E-state index in [0.29, 0.717) is 29.2 Å². The summed E-state index contributed by atoms with van der Waals surface area (Å²) < 4.78 is 0. The lowest BCUT2D eigenvalue weighted by atomic mass is 10.1. The Labute approximate surface area is 202 Å². The minimum absolute atomic E-state index is 0.0895. The van der Waals surface area contributed by atoms with Crippen LogP contribution in [0.25, 0.3) is 6.08 Å². The van der Waals surface area contributed by atoms with Crippen molar-refractivity contribution in [3.63, 3.8) is 0 Å². The number of amides is 2. The second-order valence-corrected chi connectivity index (χ2v) is 8.24. The van der Waals surface area contributed by atoms with Crippen molar-refractivity contribution in [1.82, 2.24) is 10.3 Å². The number of phenolic OH excluding ortho intramolecular Hbond substituents is 1. The van der Waals surface area contributed by atoms with Crippen LogP contribution in [0.5, 0.6) is 5.75 Å². The van der Waals surface area contributed by atoms with Crippen molar-refractivity contribution < 1.29 is 19.5 Å². The van der Waals surface area contributed by atoms with Crippen molar-refractivity contribution >= 4 is 46.8 Å². The number of nitrogens with one attached hydrogen (secondary N) is 2. The summed E-state index contributed by atoms with van der Waals surface area (Å²) in [4.78, 5) is 37.9. The van der Waals surface area contributed by atoms with Crippen LogP contribution in [-0.2, 0) is 14.4 Å². The molecule has 2 rings (SSSR count). The SMILES string of the molecule is Cc1cccc(/C=C(\SC=O)C(=O)N(C)CCCC(=O)Nc2ccc(/C(=N/N)NN)c(O)c2)c1. The molecule has 2 aromatic carbocycles. The molecule has 0 aliphatic carbocycles. The largest absolute Gasteiger partial charge is 0.507 e. The molecule has 2 amide bonds. The number of benzene rings is 2. The molecule has 11 heteroatoms. The summed E-state index contributed by atoms with van der Waals surface area (Å²) in [6.07, 6.45) is 2.23. The number of aromatic hydroxyl groups is 1. The molecule has 0 heterocycles. The van der Waals surface area contributed by atoms with Gasteiger partial charge in [-0.3, -0.25) is 14.4 Å². The van der Waals surface area contributed by atoms with Gasteiger partial charge in [-0.15, -0.1) is 0 Å². The normalized spacial score (nSPS) is 11.6. The highest BCUT2D eigenvalue weighted by Crippen LogP contribution is 2.23. The molecule has 0 atom stereocenters. The molecule has 0 radical (unpaired) electrons. The molecule has 0 bridgehead atoms. The quantitative estimate of drug-likeness (QED) is 0.0853. The number of hydrogen-bond acceptors (Lipinski definition) is 8. The van der Waals surface area contributed by atoms with Gasteiger partial charge in [-0.2, -0.15) is 5.10 Å². The maximum atomic E-state index is 12.8. The fraction of sp³-hybridized carbons (Fsp3) is 0.217. The Balaban J connectivity index is 1.92. The molecule has 180 valence electrons. The highest BCUT2D eigenvalue weighted by molar-refractivity contribution is 8.16. The zero-order valence-corrected chi connectivity index (χ0v) is 19.8. The Kier molecular flexibility index (Phi) is 10.1. The molecule has 0 spiro atoms. The van der Waals surface area contributed by atoms with Gasteiger partial charge < -0.3 is 26.6 Å². The van der Waals surface area contributed by atoms with Crippen molar-refractivity contribution in [2.75, 3.05) is 18.9 Å². The molecular weight excluding hydrogens is 456 g/mol. The molecule has 10 nitrogen and oxygen atoms in total. The molecule has 0 aliphatic heterocycles. The van der Waals surface area contributed by atoms with Gasteiger partial charge in [0.2, 0.25) is 5.91 Å². The van der Waals surface area contributed by atoms with Crippen molar-refractivity contribution in [2.24, 2.45) is 16.8 Å². The third-order valence-electron chi connectivity index (χ3n) is 4.77. The summed E-state index contributed by atoms with van der Waals surface area (Å²) in [6.45, 7) is 2.26. The predicted octanol–water partition coefficient (Wildman–Crippen LogP) is 1.93. The van der Waals surface area contributed by atoms with E-state index >= 15 is 0 Å². The summed E-state index contributed by atoms with van der Waals surface area (Å²) in [5.41, 5.74) is 5.43. The van der Waals surface area contributed by atoms with Gasteiger partial charge in [0.05, 0.1) is 10.5 Å².